The number of para-hydroxylation sites is 1. The minimum absolute atomic E-state index is 0. The SMILES string of the molecule is C.C[N+](C)(C)c1ccc(CC(=O)OCCCCCCCCOc2ccc(Oc3ccccc3)cc2)cc1. The van der Waals surface area contributed by atoms with E-state index in [2.05, 4.69) is 33.3 Å². The van der Waals surface area contributed by atoms with Crippen LogP contribution >= 0.6 is 0 Å². The molecule has 0 saturated carbocycles. The number of rotatable bonds is 15. The standard InChI is InChI=1S/C31H40NO4.CH4/c1-32(2,3)27-17-15-26(16-18-27)25-31(33)35-24-12-7-5-4-6-11-23-34-28-19-21-30(22-20-28)36-29-13-9-8-10-14-29;/h8-10,13-22H,4-7,11-12,23-25H2,1-3H3;1H4/q+1;. The first-order valence-corrected chi connectivity index (χ1v) is 12.9. The molecule has 0 unspecified atom stereocenters. The van der Waals surface area contributed by atoms with Gasteiger partial charge in [0.05, 0.1) is 40.8 Å². The van der Waals surface area contributed by atoms with Crippen LogP contribution in [0.4, 0.5) is 5.69 Å². The molecule has 5 nitrogen and oxygen atoms in total. The van der Waals surface area contributed by atoms with Gasteiger partial charge in [0, 0.05) is 0 Å². The first-order chi connectivity index (χ1) is 17.4. The van der Waals surface area contributed by atoms with Crippen molar-refractivity contribution in [2.24, 2.45) is 0 Å². The van der Waals surface area contributed by atoms with Crippen molar-refractivity contribution in [3.63, 3.8) is 0 Å². The molecule has 0 atom stereocenters. The minimum Gasteiger partial charge on any atom is -0.494 e. The highest BCUT2D eigenvalue weighted by Crippen LogP contribution is 2.23. The minimum atomic E-state index is -0.148. The summed E-state index contributed by atoms with van der Waals surface area (Å²) in [5.41, 5.74) is 2.21. The number of quaternary nitrogens is 1. The fourth-order valence-electron chi connectivity index (χ4n) is 3.79. The zero-order valence-corrected chi connectivity index (χ0v) is 21.9. The average Bonchev–Trinajstić information content (AvgIpc) is 2.86. The summed E-state index contributed by atoms with van der Waals surface area (Å²) in [6.07, 6.45) is 6.81. The Kier molecular flexibility index (Phi) is 12.7. The van der Waals surface area contributed by atoms with Gasteiger partial charge in [0.15, 0.2) is 0 Å². The fourth-order valence-corrected chi connectivity index (χ4v) is 3.79. The number of hydrogen-bond donors (Lipinski definition) is 0. The Morgan fingerprint density at radius 2 is 1.19 bits per heavy atom. The summed E-state index contributed by atoms with van der Waals surface area (Å²) in [7, 11) is 6.38. The summed E-state index contributed by atoms with van der Waals surface area (Å²) in [5, 5.41) is 0. The Hall–Kier alpha value is -3.31. The molecule has 37 heavy (non-hydrogen) atoms. The van der Waals surface area contributed by atoms with E-state index >= 15 is 0 Å². The molecule has 0 fully saturated rings. The molecule has 0 aliphatic rings. The Morgan fingerprint density at radius 3 is 1.81 bits per heavy atom. The molecule has 0 aliphatic carbocycles. The van der Waals surface area contributed by atoms with E-state index in [1.54, 1.807) is 0 Å². The van der Waals surface area contributed by atoms with Gasteiger partial charge in [-0.25, -0.2) is 0 Å². The highest BCUT2D eigenvalue weighted by atomic mass is 16.5. The number of nitrogens with zero attached hydrogens (tertiary/aromatic N) is 1. The Morgan fingerprint density at radius 1 is 0.649 bits per heavy atom. The lowest BCUT2D eigenvalue weighted by atomic mass is 10.1. The van der Waals surface area contributed by atoms with E-state index in [-0.39, 0.29) is 13.4 Å². The first-order valence-electron chi connectivity index (χ1n) is 12.9. The summed E-state index contributed by atoms with van der Waals surface area (Å²) in [4.78, 5) is 12.1. The Bertz CT molecular complexity index is 1030. The van der Waals surface area contributed by atoms with Crippen LogP contribution in [-0.4, -0.2) is 40.3 Å². The van der Waals surface area contributed by atoms with Gasteiger partial charge in [-0.1, -0.05) is 63.4 Å². The summed E-state index contributed by atoms with van der Waals surface area (Å²) >= 11 is 0. The van der Waals surface area contributed by atoms with E-state index in [1.807, 2.05) is 66.7 Å². The van der Waals surface area contributed by atoms with E-state index < -0.39 is 0 Å². The summed E-state index contributed by atoms with van der Waals surface area (Å²) in [6, 6.07) is 25.7. The van der Waals surface area contributed by atoms with Gasteiger partial charge in [-0.3, -0.25) is 9.28 Å². The van der Waals surface area contributed by atoms with E-state index in [0.29, 0.717) is 19.6 Å². The molecule has 0 radical (unpaired) electrons. The van der Waals surface area contributed by atoms with Crippen molar-refractivity contribution in [1.29, 1.82) is 0 Å². The topological polar surface area (TPSA) is 44.8 Å². The smallest absolute Gasteiger partial charge is 0.310 e. The van der Waals surface area contributed by atoms with Crippen LogP contribution in [-0.2, 0) is 16.0 Å². The quantitative estimate of drug-likeness (QED) is 0.120. The molecule has 3 aromatic rings. The Labute approximate surface area is 223 Å². The van der Waals surface area contributed by atoms with Crippen molar-refractivity contribution in [2.45, 2.75) is 52.4 Å². The van der Waals surface area contributed by atoms with E-state index in [1.165, 1.54) is 12.1 Å². The van der Waals surface area contributed by atoms with Crippen molar-refractivity contribution in [1.82, 2.24) is 4.48 Å². The highest BCUT2D eigenvalue weighted by molar-refractivity contribution is 5.72. The second-order valence-electron chi connectivity index (χ2n) is 9.93. The number of carbonyl (C=O) groups is 1. The van der Waals surface area contributed by atoms with E-state index in [0.717, 1.165) is 59.4 Å². The molecular weight excluding hydrogens is 462 g/mol. The van der Waals surface area contributed by atoms with Crippen LogP contribution in [0, 0.1) is 0 Å². The summed E-state index contributed by atoms with van der Waals surface area (Å²) < 4.78 is 17.8. The third-order valence-corrected chi connectivity index (χ3v) is 5.93. The lowest BCUT2D eigenvalue weighted by Crippen LogP contribution is -2.34. The molecule has 0 N–H and O–H groups in total. The van der Waals surface area contributed by atoms with Crippen LogP contribution in [0.15, 0.2) is 78.9 Å². The van der Waals surface area contributed by atoms with E-state index in [9.17, 15) is 4.79 Å². The molecule has 0 spiro atoms. The van der Waals surface area contributed by atoms with Crippen molar-refractivity contribution >= 4 is 11.7 Å². The zero-order chi connectivity index (χ0) is 25.6. The van der Waals surface area contributed by atoms with Crippen molar-refractivity contribution in [2.75, 3.05) is 34.4 Å². The molecule has 0 saturated heterocycles. The molecule has 3 rings (SSSR count). The molecule has 0 amide bonds. The van der Waals surface area contributed by atoms with Crippen LogP contribution in [0.1, 0.15) is 51.5 Å². The third-order valence-electron chi connectivity index (χ3n) is 5.93. The lowest BCUT2D eigenvalue weighted by Gasteiger charge is -2.23. The third kappa shape index (κ3) is 11.5. The van der Waals surface area contributed by atoms with Gasteiger partial charge < -0.3 is 14.2 Å². The fraction of sp³-hybridized carbons (Fsp3) is 0.406. The van der Waals surface area contributed by atoms with Gasteiger partial charge in [-0.2, -0.15) is 0 Å². The highest BCUT2D eigenvalue weighted by Gasteiger charge is 2.12. The predicted molar refractivity (Wildman–Crippen MR) is 154 cm³/mol. The van der Waals surface area contributed by atoms with Crippen LogP contribution in [0.25, 0.3) is 0 Å². The van der Waals surface area contributed by atoms with Gasteiger partial charge in [-0.05, 0) is 66.9 Å². The zero-order valence-electron chi connectivity index (χ0n) is 21.9. The van der Waals surface area contributed by atoms with Crippen molar-refractivity contribution in [3.05, 3.63) is 84.4 Å². The maximum atomic E-state index is 12.1. The monoisotopic (exact) mass is 506 g/mol. The number of ether oxygens (including phenoxy) is 3. The number of carbonyl (C=O) groups excluding carboxylic acids is 1. The van der Waals surface area contributed by atoms with Gasteiger partial charge in [-0.15, -0.1) is 0 Å². The van der Waals surface area contributed by atoms with Crippen molar-refractivity contribution < 1.29 is 19.0 Å². The molecular formula is C32H44NO4+. The number of benzene rings is 3. The van der Waals surface area contributed by atoms with Gasteiger partial charge in [0.25, 0.3) is 0 Å². The first kappa shape index (κ1) is 29.9. The molecule has 0 bridgehead atoms. The predicted octanol–water partition coefficient (Wildman–Crippen LogP) is 7.82. The van der Waals surface area contributed by atoms with E-state index in [4.69, 9.17) is 14.2 Å². The summed E-state index contributed by atoms with van der Waals surface area (Å²) in [6.45, 7) is 1.22. The van der Waals surface area contributed by atoms with Crippen LogP contribution in [0.3, 0.4) is 0 Å². The number of esters is 1. The second kappa shape index (κ2) is 15.7. The summed E-state index contributed by atoms with van der Waals surface area (Å²) in [5.74, 6) is 2.34. The van der Waals surface area contributed by atoms with Crippen LogP contribution in [0.5, 0.6) is 17.2 Å². The van der Waals surface area contributed by atoms with Gasteiger partial charge in [0.2, 0.25) is 0 Å². The van der Waals surface area contributed by atoms with Crippen LogP contribution < -0.4 is 14.0 Å². The molecule has 0 aromatic heterocycles. The lowest BCUT2D eigenvalue weighted by molar-refractivity contribution is -0.142. The van der Waals surface area contributed by atoms with Crippen molar-refractivity contribution in [3.8, 4) is 17.2 Å². The maximum Gasteiger partial charge on any atom is 0.310 e. The normalized spacial score (nSPS) is 10.9. The van der Waals surface area contributed by atoms with Gasteiger partial charge in [0.1, 0.15) is 22.9 Å². The van der Waals surface area contributed by atoms with Crippen LogP contribution in [0.2, 0.25) is 0 Å². The van der Waals surface area contributed by atoms with Gasteiger partial charge >= 0.3 is 5.97 Å². The average molecular weight is 507 g/mol. The molecule has 0 heterocycles. The maximum absolute atomic E-state index is 12.1. The molecule has 0 aliphatic heterocycles. The largest absolute Gasteiger partial charge is 0.494 e. The number of hydrogen-bond acceptors (Lipinski definition) is 4. The molecule has 5 heteroatoms. The molecule has 200 valence electrons. The second-order valence-corrected chi connectivity index (χ2v) is 9.93. The molecule has 3 aromatic carbocycles. The Balaban J connectivity index is 0.00000481. The number of unbranched alkanes of at least 4 members (excludes halogenated alkanes) is 5.